The van der Waals surface area contributed by atoms with Crippen molar-refractivity contribution in [2.24, 2.45) is 0 Å². The average Bonchev–Trinajstić information content (AvgIpc) is 2.40. The van der Waals surface area contributed by atoms with Crippen LogP contribution in [0.15, 0.2) is 12.1 Å². The first-order valence-electron chi connectivity index (χ1n) is 7.59. The monoisotopic (exact) mass is 275 g/mol. The van der Waals surface area contributed by atoms with Crippen molar-refractivity contribution in [3.63, 3.8) is 0 Å². The van der Waals surface area contributed by atoms with Crippen molar-refractivity contribution < 1.29 is 5.11 Å². The lowest BCUT2D eigenvalue weighted by molar-refractivity contribution is 0.0223. The number of phenols is 1. The van der Waals surface area contributed by atoms with Crippen LogP contribution in [-0.4, -0.2) is 60.2 Å². The Balaban J connectivity index is 1.53. The molecule has 110 valence electrons. The highest BCUT2D eigenvalue weighted by atomic mass is 16.3. The SMILES string of the molecule is Cc1cc(CN2CC(N3CCNCC3)C2)cc(C)c1O. The number of hydrogen-bond acceptors (Lipinski definition) is 4. The second-order valence-corrected chi connectivity index (χ2v) is 6.21. The molecule has 0 atom stereocenters. The van der Waals surface area contributed by atoms with E-state index in [-0.39, 0.29) is 0 Å². The van der Waals surface area contributed by atoms with Crippen LogP contribution in [0, 0.1) is 13.8 Å². The minimum absolute atomic E-state index is 0.441. The van der Waals surface area contributed by atoms with E-state index < -0.39 is 0 Å². The number of aromatic hydroxyl groups is 1. The summed E-state index contributed by atoms with van der Waals surface area (Å²) < 4.78 is 0. The van der Waals surface area contributed by atoms with Crippen molar-refractivity contribution >= 4 is 0 Å². The average molecular weight is 275 g/mol. The van der Waals surface area contributed by atoms with E-state index in [4.69, 9.17) is 0 Å². The summed E-state index contributed by atoms with van der Waals surface area (Å²) in [4.78, 5) is 5.11. The van der Waals surface area contributed by atoms with Gasteiger partial charge in [-0.25, -0.2) is 0 Å². The van der Waals surface area contributed by atoms with E-state index in [2.05, 4.69) is 27.2 Å². The lowest BCUT2D eigenvalue weighted by Crippen LogP contribution is -2.62. The van der Waals surface area contributed by atoms with Gasteiger partial charge in [0.25, 0.3) is 0 Å². The van der Waals surface area contributed by atoms with E-state index in [1.54, 1.807) is 0 Å². The van der Waals surface area contributed by atoms with Crippen LogP contribution in [0.25, 0.3) is 0 Å². The highest BCUT2D eigenvalue weighted by Gasteiger charge is 2.32. The highest BCUT2D eigenvalue weighted by molar-refractivity contribution is 5.42. The number of phenolic OH excluding ortho intramolecular Hbond substituents is 1. The Labute approximate surface area is 121 Å². The number of nitrogens with one attached hydrogen (secondary N) is 1. The second kappa shape index (κ2) is 5.72. The molecule has 3 rings (SSSR count). The summed E-state index contributed by atoms with van der Waals surface area (Å²) in [5, 5.41) is 13.2. The molecule has 0 saturated carbocycles. The molecule has 2 saturated heterocycles. The molecule has 2 aliphatic rings. The summed E-state index contributed by atoms with van der Waals surface area (Å²) in [6.07, 6.45) is 0. The molecule has 0 unspecified atom stereocenters. The van der Waals surface area contributed by atoms with Gasteiger partial charge in [0.2, 0.25) is 0 Å². The molecule has 0 radical (unpaired) electrons. The molecule has 2 aliphatic heterocycles. The molecule has 1 aromatic carbocycles. The van der Waals surface area contributed by atoms with Crippen LogP contribution >= 0.6 is 0 Å². The lowest BCUT2D eigenvalue weighted by Gasteiger charge is -2.47. The maximum absolute atomic E-state index is 9.82. The van der Waals surface area contributed by atoms with Crippen LogP contribution < -0.4 is 5.32 Å². The fraction of sp³-hybridized carbons (Fsp3) is 0.625. The summed E-state index contributed by atoms with van der Waals surface area (Å²) in [7, 11) is 0. The third kappa shape index (κ3) is 2.82. The van der Waals surface area contributed by atoms with Gasteiger partial charge < -0.3 is 10.4 Å². The van der Waals surface area contributed by atoms with Gasteiger partial charge in [-0.3, -0.25) is 9.80 Å². The quantitative estimate of drug-likeness (QED) is 0.866. The highest BCUT2D eigenvalue weighted by Crippen LogP contribution is 2.25. The third-order valence-corrected chi connectivity index (χ3v) is 4.56. The number of rotatable bonds is 3. The molecule has 2 N–H and O–H groups in total. The Morgan fingerprint density at radius 2 is 1.75 bits per heavy atom. The van der Waals surface area contributed by atoms with Gasteiger partial charge in [-0.15, -0.1) is 0 Å². The molecule has 4 heteroatoms. The predicted molar refractivity (Wildman–Crippen MR) is 81.1 cm³/mol. The Hall–Kier alpha value is -1.10. The lowest BCUT2D eigenvalue weighted by atomic mass is 10.0. The van der Waals surface area contributed by atoms with Crippen molar-refractivity contribution in [3.05, 3.63) is 28.8 Å². The van der Waals surface area contributed by atoms with Gasteiger partial charge in [-0.1, -0.05) is 12.1 Å². The summed E-state index contributed by atoms with van der Waals surface area (Å²) in [6.45, 7) is 12.0. The van der Waals surface area contributed by atoms with E-state index in [9.17, 15) is 5.11 Å². The van der Waals surface area contributed by atoms with Crippen molar-refractivity contribution in [2.45, 2.75) is 26.4 Å². The first-order valence-corrected chi connectivity index (χ1v) is 7.59. The summed E-state index contributed by atoms with van der Waals surface area (Å²) in [5.74, 6) is 0.441. The molecule has 0 bridgehead atoms. The molecule has 1 aromatic rings. The zero-order chi connectivity index (χ0) is 14.1. The van der Waals surface area contributed by atoms with Gasteiger partial charge >= 0.3 is 0 Å². The summed E-state index contributed by atoms with van der Waals surface area (Å²) in [5.41, 5.74) is 3.29. The normalized spacial score (nSPS) is 21.9. The summed E-state index contributed by atoms with van der Waals surface area (Å²) >= 11 is 0. The van der Waals surface area contributed by atoms with Crippen LogP contribution in [0.5, 0.6) is 5.75 Å². The van der Waals surface area contributed by atoms with E-state index in [1.807, 2.05) is 13.8 Å². The van der Waals surface area contributed by atoms with Crippen LogP contribution in [0.1, 0.15) is 16.7 Å². The van der Waals surface area contributed by atoms with Crippen LogP contribution in [0.4, 0.5) is 0 Å². The zero-order valence-electron chi connectivity index (χ0n) is 12.5. The van der Waals surface area contributed by atoms with Crippen LogP contribution in [0.3, 0.4) is 0 Å². The van der Waals surface area contributed by atoms with Crippen LogP contribution in [0.2, 0.25) is 0 Å². The summed E-state index contributed by atoms with van der Waals surface area (Å²) in [6, 6.07) is 4.97. The van der Waals surface area contributed by atoms with Crippen LogP contribution in [-0.2, 0) is 6.54 Å². The fourth-order valence-electron chi connectivity index (χ4n) is 3.34. The number of nitrogens with zero attached hydrogens (tertiary/aromatic N) is 2. The number of likely N-dealkylation sites (tertiary alicyclic amines) is 1. The Kier molecular flexibility index (Phi) is 3.96. The van der Waals surface area contributed by atoms with Gasteiger partial charge in [0.1, 0.15) is 5.75 Å². The smallest absolute Gasteiger partial charge is 0.121 e. The molecule has 0 aliphatic carbocycles. The van der Waals surface area contributed by atoms with E-state index in [1.165, 1.54) is 31.7 Å². The van der Waals surface area contributed by atoms with Gasteiger partial charge in [0.05, 0.1) is 0 Å². The van der Waals surface area contributed by atoms with Gasteiger partial charge in [0, 0.05) is 51.9 Å². The minimum atomic E-state index is 0.441. The first kappa shape index (κ1) is 13.9. The first-order chi connectivity index (χ1) is 9.63. The molecule has 4 nitrogen and oxygen atoms in total. The number of piperazine rings is 1. The molecule has 0 aromatic heterocycles. The number of benzene rings is 1. The van der Waals surface area contributed by atoms with Gasteiger partial charge in [-0.05, 0) is 30.5 Å². The zero-order valence-corrected chi connectivity index (χ0v) is 12.5. The van der Waals surface area contributed by atoms with E-state index >= 15 is 0 Å². The molecule has 20 heavy (non-hydrogen) atoms. The van der Waals surface area contributed by atoms with Crippen molar-refractivity contribution in [2.75, 3.05) is 39.3 Å². The topological polar surface area (TPSA) is 38.7 Å². The van der Waals surface area contributed by atoms with Gasteiger partial charge in [-0.2, -0.15) is 0 Å². The fourth-order valence-corrected chi connectivity index (χ4v) is 3.34. The van der Waals surface area contributed by atoms with E-state index in [0.717, 1.165) is 36.8 Å². The maximum atomic E-state index is 9.82. The molecular formula is C16H25N3O. The standard InChI is InChI=1S/C16H25N3O/c1-12-7-14(8-13(2)16(12)20)9-18-10-15(11-18)19-5-3-17-4-6-19/h7-8,15,17,20H,3-6,9-11H2,1-2H3. The number of aryl methyl sites for hydroxylation is 2. The predicted octanol–water partition coefficient (Wildman–Crippen LogP) is 1.10. The third-order valence-electron chi connectivity index (χ3n) is 4.56. The molecular weight excluding hydrogens is 250 g/mol. The Morgan fingerprint density at radius 3 is 2.35 bits per heavy atom. The molecule has 2 heterocycles. The minimum Gasteiger partial charge on any atom is -0.507 e. The van der Waals surface area contributed by atoms with Crippen molar-refractivity contribution in [1.29, 1.82) is 0 Å². The molecule has 0 amide bonds. The molecule has 0 spiro atoms. The largest absolute Gasteiger partial charge is 0.507 e. The Bertz CT molecular complexity index is 454. The maximum Gasteiger partial charge on any atom is 0.121 e. The van der Waals surface area contributed by atoms with Crippen molar-refractivity contribution in [1.82, 2.24) is 15.1 Å². The van der Waals surface area contributed by atoms with Crippen molar-refractivity contribution in [3.8, 4) is 5.75 Å². The Morgan fingerprint density at radius 1 is 1.15 bits per heavy atom. The van der Waals surface area contributed by atoms with Gasteiger partial charge in [0.15, 0.2) is 0 Å². The second-order valence-electron chi connectivity index (χ2n) is 6.21. The van der Waals surface area contributed by atoms with E-state index in [0.29, 0.717) is 5.75 Å². The number of hydrogen-bond donors (Lipinski definition) is 2. The molecule has 2 fully saturated rings.